The fraction of sp³-hybridized carbons (Fsp3) is 0.625. The van der Waals surface area contributed by atoms with Crippen molar-refractivity contribution < 1.29 is 27.7 Å². The highest BCUT2D eigenvalue weighted by molar-refractivity contribution is 7.85. The summed E-state index contributed by atoms with van der Waals surface area (Å²) in [5.41, 5.74) is 0. The summed E-state index contributed by atoms with van der Waals surface area (Å²) < 4.78 is 26.7. The van der Waals surface area contributed by atoms with Crippen molar-refractivity contribution in [2.45, 2.75) is 18.8 Å². The van der Waals surface area contributed by atoms with Crippen LogP contribution >= 0.6 is 0 Å². The number of aliphatic hydroxyl groups excluding tert-OH is 2. The molecule has 2 atom stereocenters. The highest BCUT2D eigenvalue weighted by Crippen LogP contribution is 2.11. The van der Waals surface area contributed by atoms with Gasteiger partial charge >= 0.3 is 5.82 Å². The van der Waals surface area contributed by atoms with Crippen LogP contribution in [0, 0.1) is 10.1 Å². The van der Waals surface area contributed by atoms with Crippen LogP contribution in [0.1, 0.15) is 0 Å². The second-order valence-corrected chi connectivity index (χ2v) is 5.43. The first kappa shape index (κ1) is 15.5. The Morgan fingerprint density at radius 3 is 2.68 bits per heavy atom. The van der Waals surface area contributed by atoms with Gasteiger partial charge in [0, 0.05) is 0 Å². The number of nitro groups is 1. The molecule has 2 unspecified atom stereocenters. The molecule has 11 heteroatoms. The normalized spacial score (nSPS) is 15.1. The van der Waals surface area contributed by atoms with Crippen molar-refractivity contribution in [1.82, 2.24) is 9.55 Å². The third kappa shape index (κ3) is 4.90. The molecule has 0 aliphatic rings. The molecule has 0 bridgehead atoms. The first-order valence-corrected chi connectivity index (χ1v) is 6.87. The summed E-state index contributed by atoms with van der Waals surface area (Å²) in [7, 11) is -3.73. The minimum Gasteiger partial charge on any atom is -0.388 e. The van der Waals surface area contributed by atoms with Crippen LogP contribution in [0.4, 0.5) is 5.82 Å². The summed E-state index contributed by atoms with van der Waals surface area (Å²) in [6.45, 7) is -0.951. The zero-order chi connectivity index (χ0) is 14.6. The van der Waals surface area contributed by atoms with Crippen LogP contribution < -0.4 is 0 Å². The number of nitrogens with zero attached hydrogens (tertiary/aromatic N) is 3. The van der Waals surface area contributed by atoms with Crippen LogP contribution in [0.3, 0.4) is 0 Å². The van der Waals surface area contributed by atoms with E-state index in [1.807, 2.05) is 0 Å². The monoisotopic (exact) mass is 295 g/mol. The second kappa shape index (κ2) is 6.06. The Bertz CT molecular complexity index is 540. The summed E-state index contributed by atoms with van der Waals surface area (Å²) in [5, 5.41) is 29.7. The molecule has 0 fully saturated rings. The van der Waals surface area contributed by atoms with Crippen LogP contribution in [0.2, 0.25) is 0 Å². The van der Waals surface area contributed by atoms with Gasteiger partial charge in [-0.2, -0.15) is 8.42 Å². The molecule has 2 N–H and O–H groups in total. The molecule has 0 aliphatic heterocycles. The van der Waals surface area contributed by atoms with Crippen molar-refractivity contribution in [2.24, 2.45) is 0 Å². The Hall–Kier alpha value is -1.56. The van der Waals surface area contributed by atoms with Crippen molar-refractivity contribution in [2.75, 3.05) is 12.9 Å². The Kier molecular flexibility index (Phi) is 4.94. The molecule has 0 aromatic carbocycles. The van der Waals surface area contributed by atoms with E-state index in [2.05, 4.69) is 9.17 Å². The maximum absolute atomic E-state index is 10.7. The van der Waals surface area contributed by atoms with Crippen LogP contribution in [-0.2, 0) is 20.8 Å². The number of aliphatic hydroxyl groups is 2. The van der Waals surface area contributed by atoms with Gasteiger partial charge in [0.25, 0.3) is 10.1 Å². The Morgan fingerprint density at radius 1 is 1.53 bits per heavy atom. The summed E-state index contributed by atoms with van der Waals surface area (Å²) >= 11 is 0. The van der Waals surface area contributed by atoms with E-state index in [4.69, 9.17) is 0 Å². The minimum absolute atomic E-state index is 0.315. The number of hydrogen-bond acceptors (Lipinski definition) is 8. The summed E-state index contributed by atoms with van der Waals surface area (Å²) in [4.78, 5) is 13.4. The van der Waals surface area contributed by atoms with Crippen molar-refractivity contribution in [1.29, 1.82) is 0 Å². The molecule has 0 aliphatic carbocycles. The zero-order valence-electron chi connectivity index (χ0n) is 9.91. The predicted octanol–water partition coefficient (Wildman–Crippen LogP) is -1.51. The topological polar surface area (TPSA) is 145 Å². The quantitative estimate of drug-likeness (QED) is 0.351. The lowest BCUT2D eigenvalue weighted by Gasteiger charge is -2.15. The van der Waals surface area contributed by atoms with Crippen molar-refractivity contribution in [3.05, 3.63) is 22.6 Å². The number of rotatable bonds is 7. The Balaban J connectivity index is 2.61. The van der Waals surface area contributed by atoms with Crippen molar-refractivity contribution >= 4 is 15.9 Å². The summed E-state index contributed by atoms with van der Waals surface area (Å²) in [5.74, 6) is -0.352. The van der Waals surface area contributed by atoms with Gasteiger partial charge in [0.15, 0.2) is 6.33 Å². The molecule has 0 radical (unpaired) electrons. The Labute approximate surface area is 108 Å². The smallest absolute Gasteiger partial charge is 0.342 e. The fourth-order valence-corrected chi connectivity index (χ4v) is 1.62. The predicted molar refractivity (Wildman–Crippen MR) is 61.7 cm³/mol. The second-order valence-electron chi connectivity index (χ2n) is 3.78. The molecule has 108 valence electrons. The SMILES string of the molecule is CS(=O)(=O)OCC(O)C(O)Cn1cncc1[N+](=O)[O-]. The minimum atomic E-state index is -3.73. The van der Waals surface area contributed by atoms with E-state index >= 15 is 0 Å². The van der Waals surface area contributed by atoms with E-state index in [-0.39, 0.29) is 12.4 Å². The van der Waals surface area contributed by atoms with Gasteiger partial charge in [-0.3, -0.25) is 4.18 Å². The van der Waals surface area contributed by atoms with Crippen LogP contribution in [0.15, 0.2) is 12.5 Å². The van der Waals surface area contributed by atoms with E-state index in [0.29, 0.717) is 0 Å². The molecule has 0 amide bonds. The van der Waals surface area contributed by atoms with Gasteiger partial charge in [-0.25, -0.2) is 9.55 Å². The van der Waals surface area contributed by atoms with E-state index in [1.165, 1.54) is 0 Å². The third-order valence-corrected chi connectivity index (χ3v) is 2.72. The first-order chi connectivity index (χ1) is 8.70. The van der Waals surface area contributed by atoms with Gasteiger partial charge in [-0.15, -0.1) is 0 Å². The molecule has 1 rings (SSSR count). The van der Waals surface area contributed by atoms with Gasteiger partial charge in [0.2, 0.25) is 0 Å². The van der Waals surface area contributed by atoms with Gasteiger partial charge in [-0.1, -0.05) is 0 Å². The first-order valence-electron chi connectivity index (χ1n) is 5.06. The number of imidazole rings is 1. The largest absolute Gasteiger partial charge is 0.388 e. The molecule has 1 aromatic heterocycles. The molecule has 0 saturated heterocycles. The lowest BCUT2D eigenvalue weighted by Crippen LogP contribution is -2.34. The molecule has 10 nitrogen and oxygen atoms in total. The van der Waals surface area contributed by atoms with Crippen molar-refractivity contribution in [3.8, 4) is 0 Å². The molecule has 19 heavy (non-hydrogen) atoms. The third-order valence-electron chi connectivity index (χ3n) is 2.16. The average Bonchev–Trinajstić information content (AvgIpc) is 2.72. The molecule has 1 heterocycles. The van der Waals surface area contributed by atoms with Gasteiger partial charge in [0.05, 0.1) is 12.9 Å². The van der Waals surface area contributed by atoms with Crippen LogP contribution in [-0.4, -0.2) is 58.2 Å². The average molecular weight is 295 g/mol. The van der Waals surface area contributed by atoms with Crippen LogP contribution in [0.5, 0.6) is 0 Å². The maximum Gasteiger partial charge on any atom is 0.342 e. The van der Waals surface area contributed by atoms with E-state index in [9.17, 15) is 28.7 Å². The van der Waals surface area contributed by atoms with E-state index in [0.717, 1.165) is 23.3 Å². The van der Waals surface area contributed by atoms with E-state index < -0.39 is 33.9 Å². The number of aromatic nitrogens is 2. The lowest BCUT2D eigenvalue weighted by molar-refractivity contribution is -0.392. The van der Waals surface area contributed by atoms with Gasteiger partial charge < -0.3 is 20.3 Å². The number of hydrogen-bond donors (Lipinski definition) is 2. The highest BCUT2D eigenvalue weighted by Gasteiger charge is 2.24. The van der Waals surface area contributed by atoms with E-state index in [1.54, 1.807) is 0 Å². The maximum atomic E-state index is 10.7. The molecule has 0 spiro atoms. The zero-order valence-corrected chi connectivity index (χ0v) is 10.7. The van der Waals surface area contributed by atoms with Gasteiger partial charge in [0.1, 0.15) is 24.9 Å². The highest BCUT2D eigenvalue weighted by atomic mass is 32.2. The van der Waals surface area contributed by atoms with Gasteiger partial charge in [-0.05, 0) is 4.92 Å². The molecular weight excluding hydrogens is 282 g/mol. The summed E-state index contributed by atoms with van der Waals surface area (Å²) in [6.07, 6.45) is -0.0314. The molecule has 0 saturated carbocycles. The lowest BCUT2D eigenvalue weighted by atomic mass is 10.2. The summed E-state index contributed by atoms with van der Waals surface area (Å²) in [6, 6.07) is 0. The standard InChI is InChI=1S/C8H13N3O7S/c1-19(16,17)18-4-7(13)6(12)3-10-5-9-2-8(10)11(14)15/h2,5-7,12-13H,3-4H2,1H3. The van der Waals surface area contributed by atoms with Crippen LogP contribution in [0.25, 0.3) is 0 Å². The molecular formula is C8H13N3O7S. The molecule has 1 aromatic rings. The van der Waals surface area contributed by atoms with Crippen molar-refractivity contribution in [3.63, 3.8) is 0 Å². The Morgan fingerprint density at radius 2 is 2.16 bits per heavy atom. The fourth-order valence-electron chi connectivity index (χ4n) is 1.23.